The number of methoxy groups -OCH3 is 1. The zero-order valence-corrected chi connectivity index (χ0v) is 15.3. The lowest BCUT2D eigenvalue weighted by atomic mass is 10.0. The molecule has 1 aliphatic heterocycles. The van der Waals surface area contributed by atoms with E-state index < -0.39 is 0 Å². The van der Waals surface area contributed by atoms with E-state index in [0.29, 0.717) is 12.5 Å². The SMILES string of the molecule is COc1ccc(CCC(=O)N2CCC(n3ccnn3)CC2)cc1Br. The fourth-order valence-electron chi connectivity index (χ4n) is 3.07. The highest BCUT2D eigenvalue weighted by Gasteiger charge is 2.23. The molecular weight excluding hydrogens is 372 g/mol. The van der Waals surface area contributed by atoms with E-state index in [1.165, 1.54) is 0 Å². The van der Waals surface area contributed by atoms with E-state index in [1.807, 2.05) is 34.0 Å². The van der Waals surface area contributed by atoms with E-state index in [4.69, 9.17) is 4.74 Å². The van der Waals surface area contributed by atoms with E-state index in [2.05, 4.69) is 26.2 Å². The lowest BCUT2D eigenvalue weighted by Crippen LogP contribution is -2.39. The largest absolute Gasteiger partial charge is 0.496 e. The third kappa shape index (κ3) is 3.95. The van der Waals surface area contributed by atoms with Crippen LogP contribution in [0.5, 0.6) is 5.75 Å². The van der Waals surface area contributed by atoms with Crippen LogP contribution in [0.15, 0.2) is 35.1 Å². The van der Waals surface area contributed by atoms with Gasteiger partial charge in [0, 0.05) is 25.7 Å². The van der Waals surface area contributed by atoms with Crippen molar-refractivity contribution >= 4 is 21.8 Å². The Morgan fingerprint density at radius 3 is 2.79 bits per heavy atom. The van der Waals surface area contributed by atoms with E-state index in [-0.39, 0.29) is 5.91 Å². The van der Waals surface area contributed by atoms with Crippen molar-refractivity contribution < 1.29 is 9.53 Å². The second kappa shape index (κ2) is 7.79. The van der Waals surface area contributed by atoms with Crippen LogP contribution in [0.25, 0.3) is 0 Å². The fraction of sp³-hybridized carbons (Fsp3) is 0.471. The van der Waals surface area contributed by atoms with Gasteiger partial charge in [-0.1, -0.05) is 11.3 Å². The Hall–Kier alpha value is -1.89. The smallest absolute Gasteiger partial charge is 0.222 e. The van der Waals surface area contributed by atoms with Crippen molar-refractivity contribution in [3.05, 3.63) is 40.6 Å². The number of benzene rings is 1. The lowest BCUT2D eigenvalue weighted by molar-refractivity contribution is -0.132. The second-order valence-electron chi connectivity index (χ2n) is 5.96. The number of aromatic nitrogens is 3. The number of amides is 1. The predicted molar refractivity (Wildman–Crippen MR) is 93.9 cm³/mol. The van der Waals surface area contributed by atoms with Crippen LogP contribution in [0.1, 0.15) is 30.9 Å². The van der Waals surface area contributed by atoms with Gasteiger partial charge in [0.25, 0.3) is 0 Å². The first-order valence-electron chi connectivity index (χ1n) is 8.13. The summed E-state index contributed by atoms with van der Waals surface area (Å²) >= 11 is 3.48. The van der Waals surface area contributed by atoms with E-state index in [1.54, 1.807) is 13.3 Å². The van der Waals surface area contributed by atoms with E-state index in [9.17, 15) is 4.79 Å². The lowest BCUT2D eigenvalue weighted by Gasteiger charge is -2.32. The van der Waals surface area contributed by atoms with Crippen molar-refractivity contribution in [3.63, 3.8) is 0 Å². The predicted octanol–water partition coefficient (Wildman–Crippen LogP) is 2.85. The molecule has 2 heterocycles. The van der Waals surface area contributed by atoms with Crippen molar-refractivity contribution in [2.45, 2.75) is 31.7 Å². The molecule has 0 N–H and O–H groups in total. The van der Waals surface area contributed by atoms with Crippen LogP contribution >= 0.6 is 15.9 Å². The fourth-order valence-corrected chi connectivity index (χ4v) is 3.65. The number of aryl methyl sites for hydroxylation is 1. The first-order chi connectivity index (χ1) is 11.7. The molecule has 1 aliphatic rings. The molecule has 128 valence electrons. The van der Waals surface area contributed by atoms with Crippen molar-refractivity contribution in [1.29, 1.82) is 0 Å². The molecule has 0 saturated carbocycles. The topological polar surface area (TPSA) is 60.2 Å². The number of carbonyl (C=O) groups excluding carboxylic acids is 1. The molecule has 1 saturated heterocycles. The molecule has 1 fully saturated rings. The van der Waals surface area contributed by atoms with Crippen LogP contribution in [-0.2, 0) is 11.2 Å². The van der Waals surface area contributed by atoms with Crippen molar-refractivity contribution in [1.82, 2.24) is 19.9 Å². The molecule has 0 aliphatic carbocycles. The van der Waals surface area contributed by atoms with Crippen LogP contribution in [0.4, 0.5) is 0 Å². The molecule has 7 heteroatoms. The number of halogens is 1. The summed E-state index contributed by atoms with van der Waals surface area (Å²) < 4.78 is 8.05. The molecule has 0 spiro atoms. The van der Waals surface area contributed by atoms with Gasteiger partial charge in [0.2, 0.25) is 5.91 Å². The van der Waals surface area contributed by atoms with Crippen LogP contribution in [-0.4, -0.2) is 46.0 Å². The Kier molecular flexibility index (Phi) is 5.50. The Morgan fingerprint density at radius 1 is 1.38 bits per heavy atom. The Bertz CT molecular complexity index is 682. The van der Waals surface area contributed by atoms with Gasteiger partial charge in [0.15, 0.2) is 0 Å². The molecule has 1 amide bonds. The number of carbonyl (C=O) groups is 1. The number of hydrogen-bond donors (Lipinski definition) is 0. The maximum absolute atomic E-state index is 12.4. The van der Waals surface area contributed by atoms with Gasteiger partial charge >= 0.3 is 0 Å². The number of likely N-dealkylation sites (tertiary alicyclic amines) is 1. The molecular formula is C17H21BrN4O2. The van der Waals surface area contributed by atoms with Gasteiger partial charge in [-0.15, -0.1) is 5.10 Å². The van der Waals surface area contributed by atoms with Crippen molar-refractivity contribution in [2.24, 2.45) is 0 Å². The Balaban J connectivity index is 1.48. The van der Waals surface area contributed by atoms with Gasteiger partial charge in [0.1, 0.15) is 5.75 Å². The highest BCUT2D eigenvalue weighted by atomic mass is 79.9. The number of hydrogen-bond acceptors (Lipinski definition) is 4. The van der Waals surface area contributed by atoms with Gasteiger partial charge in [-0.05, 0) is 52.9 Å². The molecule has 0 radical (unpaired) electrons. The highest BCUT2D eigenvalue weighted by molar-refractivity contribution is 9.10. The van der Waals surface area contributed by atoms with Crippen LogP contribution in [0, 0.1) is 0 Å². The molecule has 0 unspecified atom stereocenters. The normalized spacial score (nSPS) is 15.5. The molecule has 0 atom stereocenters. The molecule has 1 aromatic carbocycles. The third-order valence-corrected chi connectivity index (χ3v) is 5.10. The number of piperidine rings is 1. The van der Waals surface area contributed by atoms with Crippen LogP contribution in [0.2, 0.25) is 0 Å². The second-order valence-corrected chi connectivity index (χ2v) is 6.82. The van der Waals surface area contributed by atoms with Gasteiger partial charge in [-0.3, -0.25) is 4.79 Å². The molecule has 2 aromatic rings. The summed E-state index contributed by atoms with van der Waals surface area (Å²) in [6, 6.07) is 6.30. The standard InChI is InChI=1S/C17H21BrN4O2/c1-24-16-4-2-13(12-15(16)18)3-5-17(23)21-9-6-14(7-10-21)22-11-8-19-20-22/h2,4,8,11-12,14H,3,5-7,9-10H2,1H3. The highest BCUT2D eigenvalue weighted by Crippen LogP contribution is 2.26. The van der Waals surface area contributed by atoms with Gasteiger partial charge < -0.3 is 9.64 Å². The van der Waals surface area contributed by atoms with E-state index >= 15 is 0 Å². The maximum Gasteiger partial charge on any atom is 0.222 e. The first-order valence-corrected chi connectivity index (χ1v) is 8.92. The summed E-state index contributed by atoms with van der Waals surface area (Å²) in [5.74, 6) is 1.03. The van der Waals surface area contributed by atoms with Gasteiger partial charge in [-0.2, -0.15) is 0 Å². The molecule has 6 nitrogen and oxygen atoms in total. The number of ether oxygens (including phenoxy) is 1. The minimum Gasteiger partial charge on any atom is -0.496 e. The summed E-state index contributed by atoms with van der Waals surface area (Å²) in [7, 11) is 1.65. The minimum absolute atomic E-state index is 0.221. The quantitative estimate of drug-likeness (QED) is 0.784. The van der Waals surface area contributed by atoms with Crippen molar-refractivity contribution in [2.75, 3.05) is 20.2 Å². The summed E-state index contributed by atoms with van der Waals surface area (Å²) in [5.41, 5.74) is 1.13. The van der Waals surface area contributed by atoms with Crippen LogP contribution < -0.4 is 4.74 Å². The van der Waals surface area contributed by atoms with Crippen LogP contribution in [0.3, 0.4) is 0 Å². The summed E-state index contributed by atoms with van der Waals surface area (Å²) in [6.07, 6.45) is 6.73. The third-order valence-electron chi connectivity index (χ3n) is 4.48. The Morgan fingerprint density at radius 2 is 2.17 bits per heavy atom. The summed E-state index contributed by atoms with van der Waals surface area (Å²) in [6.45, 7) is 1.57. The molecule has 1 aromatic heterocycles. The number of rotatable bonds is 5. The Labute approximate surface area is 149 Å². The van der Waals surface area contributed by atoms with Gasteiger partial charge in [-0.25, -0.2) is 4.68 Å². The summed E-state index contributed by atoms with van der Waals surface area (Å²) in [4.78, 5) is 14.4. The molecule has 3 rings (SSSR count). The zero-order chi connectivity index (χ0) is 16.9. The monoisotopic (exact) mass is 392 g/mol. The molecule has 0 bridgehead atoms. The average molecular weight is 393 g/mol. The zero-order valence-electron chi connectivity index (χ0n) is 13.7. The maximum atomic E-state index is 12.4. The summed E-state index contributed by atoms with van der Waals surface area (Å²) in [5, 5.41) is 7.91. The van der Waals surface area contributed by atoms with Gasteiger partial charge in [0.05, 0.1) is 23.8 Å². The van der Waals surface area contributed by atoms with Crippen molar-refractivity contribution in [3.8, 4) is 5.75 Å². The number of nitrogens with zero attached hydrogens (tertiary/aromatic N) is 4. The average Bonchev–Trinajstić information content (AvgIpc) is 3.14. The first kappa shape index (κ1) is 17.0. The molecule has 24 heavy (non-hydrogen) atoms. The van der Waals surface area contributed by atoms with E-state index in [0.717, 1.165) is 48.1 Å². The minimum atomic E-state index is 0.221.